The monoisotopic (exact) mass is 654 g/mol. The molecule has 9 rings (SSSR count). The van der Waals surface area contributed by atoms with E-state index in [1.165, 1.54) is 0 Å². The third-order valence-electron chi connectivity index (χ3n) is 9.06. The maximum Gasteiger partial charge on any atom is 0.163 e. The summed E-state index contributed by atoms with van der Waals surface area (Å²) in [7, 11) is 0. The van der Waals surface area contributed by atoms with Crippen LogP contribution in [-0.2, 0) is 0 Å². The average molecular weight is 655 g/mol. The molecular formula is C46H30N4O. The fourth-order valence-electron chi connectivity index (χ4n) is 6.50. The van der Waals surface area contributed by atoms with Crippen LogP contribution >= 0.6 is 0 Å². The molecule has 8 aromatic rings. The van der Waals surface area contributed by atoms with Crippen LogP contribution in [0.2, 0.25) is 0 Å². The topological polar surface area (TPSA) is 60.8 Å². The normalized spacial score (nSPS) is 11.6. The Morgan fingerprint density at radius 3 is 1.57 bits per heavy atom. The van der Waals surface area contributed by atoms with Gasteiger partial charge in [0.15, 0.2) is 11.6 Å². The van der Waals surface area contributed by atoms with Crippen molar-refractivity contribution in [3.63, 3.8) is 0 Å². The summed E-state index contributed by atoms with van der Waals surface area (Å²) >= 11 is 0. The molecule has 2 aromatic heterocycles. The van der Waals surface area contributed by atoms with Crippen molar-refractivity contribution in [2.24, 2.45) is 0 Å². The van der Waals surface area contributed by atoms with E-state index >= 15 is 0 Å². The first kappa shape index (κ1) is 30.1. The molecule has 0 fully saturated rings. The molecule has 0 amide bonds. The Labute approximate surface area is 296 Å². The van der Waals surface area contributed by atoms with Gasteiger partial charge in [0.25, 0.3) is 0 Å². The van der Waals surface area contributed by atoms with Gasteiger partial charge >= 0.3 is 0 Å². The van der Waals surface area contributed by atoms with Crippen molar-refractivity contribution in [2.45, 2.75) is 0 Å². The first-order chi connectivity index (χ1) is 25.3. The maximum atomic E-state index is 6.76. The van der Waals surface area contributed by atoms with Crippen LogP contribution in [0.1, 0.15) is 11.1 Å². The summed E-state index contributed by atoms with van der Waals surface area (Å²) < 4.78 is 6.76. The predicted octanol–water partition coefficient (Wildman–Crippen LogP) is 11.5. The zero-order chi connectivity index (χ0) is 34.0. The minimum atomic E-state index is 0.555. The molecule has 0 saturated heterocycles. The lowest BCUT2D eigenvalue weighted by atomic mass is 9.94. The minimum absolute atomic E-state index is 0.555. The summed E-state index contributed by atoms with van der Waals surface area (Å²) in [5.74, 6) is 2.79. The van der Waals surface area contributed by atoms with Gasteiger partial charge in [0.2, 0.25) is 0 Å². The Kier molecular flexibility index (Phi) is 7.76. The van der Waals surface area contributed by atoms with Crippen LogP contribution in [0.15, 0.2) is 170 Å². The quantitative estimate of drug-likeness (QED) is 0.189. The second-order valence-electron chi connectivity index (χ2n) is 12.3. The van der Waals surface area contributed by atoms with E-state index in [0.717, 1.165) is 78.5 Å². The average Bonchev–Trinajstić information content (AvgIpc) is 3.23. The molecule has 6 aromatic carbocycles. The van der Waals surface area contributed by atoms with Gasteiger partial charge < -0.3 is 4.74 Å². The third kappa shape index (κ3) is 5.98. The van der Waals surface area contributed by atoms with E-state index in [2.05, 4.69) is 107 Å². The Balaban J connectivity index is 1.21. The molecule has 0 N–H and O–H groups in total. The summed E-state index contributed by atoms with van der Waals surface area (Å²) in [6, 6.07) is 53.5. The minimum Gasteiger partial charge on any atom is -0.456 e. The van der Waals surface area contributed by atoms with Crippen molar-refractivity contribution in [3.8, 4) is 79.0 Å². The highest BCUT2D eigenvalue weighted by molar-refractivity contribution is 5.90. The zero-order valence-corrected chi connectivity index (χ0v) is 27.5. The summed E-state index contributed by atoms with van der Waals surface area (Å²) in [4.78, 5) is 19.5. The molecule has 240 valence electrons. The van der Waals surface area contributed by atoms with Crippen LogP contribution in [-0.4, -0.2) is 19.9 Å². The van der Waals surface area contributed by atoms with Gasteiger partial charge in [-0.3, -0.25) is 0 Å². The molecule has 5 nitrogen and oxygen atoms in total. The largest absolute Gasteiger partial charge is 0.456 e. The van der Waals surface area contributed by atoms with Crippen LogP contribution in [0.25, 0.3) is 79.7 Å². The molecule has 0 spiro atoms. The summed E-state index contributed by atoms with van der Waals surface area (Å²) in [6.07, 6.45) is 7.98. The van der Waals surface area contributed by atoms with Gasteiger partial charge in [-0.15, -0.1) is 0 Å². The molecular weight excluding hydrogens is 625 g/mol. The van der Waals surface area contributed by atoms with Crippen LogP contribution in [0.4, 0.5) is 0 Å². The molecule has 0 saturated carbocycles. The fraction of sp³-hybridized carbons (Fsp3) is 0. The number of rotatable bonds is 4. The number of para-hydroxylation sites is 2. The Hall–Kier alpha value is -6.98. The third-order valence-corrected chi connectivity index (χ3v) is 9.06. The van der Waals surface area contributed by atoms with Crippen LogP contribution in [0, 0.1) is 0 Å². The number of benzene rings is 6. The lowest BCUT2D eigenvalue weighted by Gasteiger charge is -2.16. The van der Waals surface area contributed by atoms with Crippen molar-refractivity contribution in [1.82, 2.24) is 19.9 Å². The smallest absolute Gasteiger partial charge is 0.163 e. The predicted molar refractivity (Wildman–Crippen MR) is 206 cm³/mol. The maximum absolute atomic E-state index is 6.76. The van der Waals surface area contributed by atoms with Gasteiger partial charge in [0.05, 0.1) is 17.0 Å². The molecule has 0 atom stereocenters. The molecule has 1 aliphatic rings. The molecule has 1 aliphatic heterocycles. The van der Waals surface area contributed by atoms with Crippen molar-refractivity contribution >= 4 is 12.2 Å². The number of hydrogen-bond acceptors (Lipinski definition) is 5. The summed E-state index contributed by atoms with van der Waals surface area (Å²) in [6.45, 7) is 0. The Bertz CT molecular complexity index is 2550. The van der Waals surface area contributed by atoms with Gasteiger partial charge in [-0.1, -0.05) is 146 Å². The summed E-state index contributed by atoms with van der Waals surface area (Å²) in [5.41, 5.74) is 11.6. The van der Waals surface area contributed by atoms with Crippen molar-refractivity contribution < 1.29 is 4.74 Å². The van der Waals surface area contributed by atoms with E-state index in [-0.39, 0.29) is 0 Å². The van der Waals surface area contributed by atoms with E-state index in [9.17, 15) is 0 Å². The fourth-order valence-corrected chi connectivity index (χ4v) is 6.50. The lowest BCUT2D eigenvalue weighted by Crippen LogP contribution is -1.98. The van der Waals surface area contributed by atoms with E-state index in [1.54, 1.807) is 12.4 Å². The highest BCUT2D eigenvalue weighted by Crippen LogP contribution is 2.42. The lowest BCUT2D eigenvalue weighted by molar-refractivity contribution is 0.486. The molecule has 0 unspecified atom stereocenters. The Morgan fingerprint density at radius 1 is 0.353 bits per heavy atom. The molecule has 5 heteroatoms. The van der Waals surface area contributed by atoms with Gasteiger partial charge in [0, 0.05) is 40.2 Å². The molecule has 0 radical (unpaired) electrons. The van der Waals surface area contributed by atoms with Gasteiger partial charge in [-0.05, 0) is 46.5 Å². The number of hydrogen-bond donors (Lipinski definition) is 0. The number of fused-ring (bicyclic) bond motifs is 6. The van der Waals surface area contributed by atoms with Crippen molar-refractivity contribution in [2.75, 3.05) is 0 Å². The van der Waals surface area contributed by atoms with Crippen molar-refractivity contribution in [3.05, 3.63) is 181 Å². The molecule has 51 heavy (non-hydrogen) atoms. The van der Waals surface area contributed by atoms with E-state index < -0.39 is 0 Å². The first-order valence-electron chi connectivity index (χ1n) is 16.9. The highest BCUT2D eigenvalue weighted by Gasteiger charge is 2.18. The zero-order valence-electron chi connectivity index (χ0n) is 27.5. The van der Waals surface area contributed by atoms with Crippen LogP contribution in [0.5, 0.6) is 11.5 Å². The van der Waals surface area contributed by atoms with E-state index in [1.807, 2.05) is 72.8 Å². The van der Waals surface area contributed by atoms with Gasteiger partial charge in [-0.2, -0.15) is 0 Å². The highest BCUT2D eigenvalue weighted by atomic mass is 16.5. The molecule has 3 heterocycles. The second kappa shape index (κ2) is 13.1. The number of nitrogens with zero attached hydrogens (tertiary/aromatic N) is 4. The van der Waals surface area contributed by atoms with Crippen LogP contribution < -0.4 is 4.74 Å². The Morgan fingerprint density at radius 2 is 0.882 bits per heavy atom. The molecule has 0 bridgehead atoms. The summed E-state index contributed by atoms with van der Waals surface area (Å²) in [5, 5.41) is 0. The van der Waals surface area contributed by atoms with E-state index in [0.29, 0.717) is 11.6 Å². The number of ether oxygens (including phenoxy) is 1. The van der Waals surface area contributed by atoms with Crippen molar-refractivity contribution in [1.29, 1.82) is 0 Å². The standard InChI is InChI=1S/C46H30N4O/c1-3-14-33(15-4-1)41-28-42(50-46(49-41)36-29-47-45(48-30-36)34-16-5-2-6-17-34)35-26-25-32-24-23-31-13-7-8-18-37(31)38-19-9-11-21-43(38)51-44-22-12-10-20-39(44)40(32)27-35/h1-30H. The number of aromatic nitrogens is 4. The first-order valence-corrected chi connectivity index (χ1v) is 16.9. The van der Waals surface area contributed by atoms with Gasteiger partial charge in [-0.25, -0.2) is 19.9 Å². The second-order valence-corrected chi connectivity index (χ2v) is 12.3. The molecule has 0 aliphatic carbocycles. The van der Waals surface area contributed by atoms with Gasteiger partial charge in [0.1, 0.15) is 11.5 Å². The van der Waals surface area contributed by atoms with E-state index in [4.69, 9.17) is 14.7 Å². The van der Waals surface area contributed by atoms with Crippen LogP contribution in [0.3, 0.4) is 0 Å². The SMILES string of the molecule is C1=Cc2ccc(-c3cc(-c4ccccc4)nc(-c4cnc(-c5ccccc5)nc4)n3)cc2-c2ccccc2Oc2ccccc2-c2ccccc21.